The van der Waals surface area contributed by atoms with E-state index >= 15 is 0 Å². The van der Waals surface area contributed by atoms with Crippen LogP contribution in [-0.4, -0.2) is 50.3 Å². The molecular formula is C16H21NO4. The van der Waals surface area contributed by atoms with Crippen LogP contribution in [0.3, 0.4) is 0 Å². The molecule has 2 heterocycles. The molecule has 0 bridgehead atoms. The van der Waals surface area contributed by atoms with Gasteiger partial charge in [0.15, 0.2) is 11.5 Å². The molecule has 0 aliphatic carbocycles. The van der Waals surface area contributed by atoms with Gasteiger partial charge >= 0.3 is 5.97 Å². The highest BCUT2D eigenvalue weighted by molar-refractivity contribution is 5.90. The predicted molar refractivity (Wildman–Crippen MR) is 78.0 cm³/mol. The highest BCUT2D eigenvalue weighted by atomic mass is 16.6. The van der Waals surface area contributed by atoms with Crippen LogP contribution in [0.5, 0.6) is 11.5 Å². The number of carbonyl (C=O) groups excluding carboxylic acids is 1. The van der Waals surface area contributed by atoms with Crippen molar-refractivity contribution in [2.24, 2.45) is 0 Å². The Morgan fingerprint density at radius 2 is 1.86 bits per heavy atom. The molecule has 1 saturated heterocycles. The Hall–Kier alpha value is -1.75. The molecule has 3 rings (SSSR count). The Labute approximate surface area is 124 Å². The maximum Gasteiger partial charge on any atom is 0.338 e. The summed E-state index contributed by atoms with van der Waals surface area (Å²) in [5.74, 6) is 1.00. The molecule has 0 aromatic heterocycles. The minimum Gasteiger partial charge on any atom is -0.486 e. The maximum atomic E-state index is 12.0. The zero-order valence-electron chi connectivity index (χ0n) is 12.2. The Kier molecular flexibility index (Phi) is 4.60. The van der Waals surface area contributed by atoms with Crippen LogP contribution < -0.4 is 9.47 Å². The molecule has 0 spiro atoms. The van der Waals surface area contributed by atoms with E-state index in [1.807, 2.05) is 0 Å². The number of fused-ring (bicyclic) bond motifs is 1. The van der Waals surface area contributed by atoms with Crippen LogP contribution in [0.25, 0.3) is 0 Å². The van der Waals surface area contributed by atoms with Crippen molar-refractivity contribution in [1.82, 2.24) is 4.90 Å². The first-order valence-electron chi connectivity index (χ1n) is 7.62. The van der Waals surface area contributed by atoms with Crippen molar-refractivity contribution in [2.75, 3.05) is 39.5 Å². The summed E-state index contributed by atoms with van der Waals surface area (Å²) in [7, 11) is 0. The molecule has 2 aliphatic heterocycles. The van der Waals surface area contributed by atoms with Gasteiger partial charge in [-0.25, -0.2) is 4.79 Å². The minimum absolute atomic E-state index is 0.302. The van der Waals surface area contributed by atoms with Crippen LogP contribution in [0.1, 0.15) is 29.6 Å². The number of ether oxygens (including phenoxy) is 3. The van der Waals surface area contributed by atoms with Gasteiger partial charge in [0.05, 0.1) is 5.56 Å². The van der Waals surface area contributed by atoms with E-state index < -0.39 is 0 Å². The van der Waals surface area contributed by atoms with E-state index in [1.54, 1.807) is 18.2 Å². The molecule has 0 amide bonds. The van der Waals surface area contributed by atoms with Crippen molar-refractivity contribution in [3.8, 4) is 11.5 Å². The number of hydrogen-bond acceptors (Lipinski definition) is 5. The van der Waals surface area contributed by atoms with E-state index in [0.717, 1.165) is 19.6 Å². The molecule has 114 valence electrons. The Balaban J connectivity index is 1.50. The third kappa shape index (κ3) is 3.67. The lowest BCUT2D eigenvalue weighted by molar-refractivity contribution is 0.0451. The van der Waals surface area contributed by atoms with Crippen LogP contribution in [0.15, 0.2) is 18.2 Å². The second-order valence-electron chi connectivity index (χ2n) is 5.40. The second-order valence-corrected chi connectivity index (χ2v) is 5.40. The van der Waals surface area contributed by atoms with Gasteiger partial charge < -0.3 is 14.2 Å². The number of likely N-dealkylation sites (tertiary alicyclic amines) is 1. The molecule has 5 heteroatoms. The monoisotopic (exact) mass is 291 g/mol. The van der Waals surface area contributed by atoms with Crippen LogP contribution in [0.4, 0.5) is 0 Å². The first kappa shape index (κ1) is 14.2. The van der Waals surface area contributed by atoms with E-state index in [1.165, 1.54) is 19.3 Å². The van der Waals surface area contributed by atoms with Crippen molar-refractivity contribution in [3.05, 3.63) is 23.8 Å². The lowest BCUT2D eigenvalue weighted by atomic mass is 10.1. The summed E-state index contributed by atoms with van der Waals surface area (Å²) in [6.07, 6.45) is 3.81. The third-order valence-electron chi connectivity index (χ3n) is 3.87. The van der Waals surface area contributed by atoms with Gasteiger partial charge in [-0.2, -0.15) is 0 Å². The number of piperidine rings is 1. The summed E-state index contributed by atoms with van der Waals surface area (Å²) in [6.45, 7) is 4.54. The van der Waals surface area contributed by atoms with Crippen LogP contribution in [0, 0.1) is 0 Å². The van der Waals surface area contributed by atoms with Gasteiger partial charge in [-0.05, 0) is 44.1 Å². The third-order valence-corrected chi connectivity index (χ3v) is 3.87. The standard InChI is InChI=1S/C16H21NO4/c18-16(21-9-8-17-6-2-1-3-7-17)13-4-5-14-15(12-13)20-11-10-19-14/h4-5,12H,1-3,6-11H2. The number of esters is 1. The molecule has 1 aromatic carbocycles. The maximum absolute atomic E-state index is 12.0. The fourth-order valence-electron chi connectivity index (χ4n) is 2.70. The Morgan fingerprint density at radius 3 is 2.67 bits per heavy atom. The normalized spacial score (nSPS) is 18.3. The first-order valence-corrected chi connectivity index (χ1v) is 7.62. The van der Waals surface area contributed by atoms with Gasteiger partial charge in [-0.3, -0.25) is 4.90 Å². The summed E-state index contributed by atoms with van der Waals surface area (Å²) in [4.78, 5) is 14.4. The fourth-order valence-corrected chi connectivity index (χ4v) is 2.70. The summed E-state index contributed by atoms with van der Waals surface area (Å²) in [6, 6.07) is 5.17. The first-order chi connectivity index (χ1) is 10.3. The van der Waals surface area contributed by atoms with Gasteiger partial charge in [0.1, 0.15) is 19.8 Å². The summed E-state index contributed by atoms with van der Waals surface area (Å²) >= 11 is 0. The van der Waals surface area contributed by atoms with Crippen molar-refractivity contribution in [2.45, 2.75) is 19.3 Å². The van der Waals surface area contributed by atoms with E-state index in [-0.39, 0.29) is 5.97 Å². The molecule has 1 aromatic rings. The number of nitrogens with zero attached hydrogens (tertiary/aromatic N) is 1. The van der Waals surface area contributed by atoms with Crippen LogP contribution in [-0.2, 0) is 4.74 Å². The van der Waals surface area contributed by atoms with Gasteiger partial charge in [0.25, 0.3) is 0 Å². The van der Waals surface area contributed by atoms with Gasteiger partial charge in [0, 0.05) is 6.54 Å². The highest BCUT2D eigenvalue weighted by Gasteiger charge is 2.16. The number of carbonyl (C=O) groups is 1. The van der Waals surface area contributed by atoms with E-state index in [9.17, 15) is 4.79 Å². The largest absolute Gasteiger partial charge is 0.486 e. The van der Waals surface area contributed by atoms with Crippen molar-refractivity contribution >= 4 is 5.97 Å². The van der Waals surface area contributed by atoms with E-state index in [2.05, 4.69) is 4.90 Å². The minimum atomic E-state index is -0.302. The lowest BCUT2D eigenvalue weighted by Crippen LogP contribution is -2.33. The van der Waals surface area contributed by atoms with Gasteiger partial charge in [0.2, 0.25) is 0 Å². The summed E-state index contributed by atoms with van der Waals surface area (Å²) < 4.78 is 16.3. The van der Waals surface area contributed by atoms with E-state index in [0.29, 0.717) is 36.9 Å². The Bertz CT molecular complexity index is 497. The van der Waals surface area contributed by atoms with E-state index in [4.69, 9.17) is 14.2 Å². The molecular weight excluding hydrogens is 270 g/mol. The topological polar surface area (TPSA) is 48.0 Å². The molecule has 1 fully saturated rings. The molecule has 0 radical (unpaired) electrons. The second kappa shape index (κ2) is 6.80. The summed E-state index contributed by atoms with van der Waals surface area (Å²) in [5.41, 5.74) is 0.512. The zero-order chi connectivity index (χ0) is 14.5. The highest BCUT2D eigenvalue weighted by Crippen LogP contribution is 2.30. The molecule has 0 unspecified atom stereocenters. The number of benzene rings is 1. The molecule has 0 saturated carbocycles. The Morgan fingerprint density at radius 1 is 1.10 bits per heavy atom. The van der Waals surface area contributed by atoms with Crippen molar-refractivity contribution < 1.29 is 19.0 Å². The lowest BCUT2D eigenvalue weighted by Gasteiger charge is -2.25. The number of hydrogen-bond donors (Lipinski definition) is 0. The average Bonchev–Trinajstić information content (AvgIpc) is 2.55. The van der Waals surface area contributed by atoms with Crippen molar-refractivity contribution in [3.63, 3.8) is 0 Å². The van der Waals surface area contributed by atoms with Gasteiger partial charge in [-0.1, -0.05) is 6.42 Å². The molecule has 0 atom stereocenters. The van der Waals surface area contributed by atoms with Crippen LogP contribution in [0.2, 0.25) is 0 Å². The fraction of sp³-hybridized carbons (Fsp3) is 0.562. The molecule has 21 heavy (non-hydrogen) atoms. The quantitative estimate of drug-likeness (QED) is 0.795. The molecule has 0 N–H and O–H groups in total. The number of rotatable bonds is 4. The summed E-state index contributed by atoms with van der Waals surface area (Å²) in [5, 5.41) is 0. The predicted octanol–water partition coefficient (Wildman–Crippen LogP) is 2.10. The molecule has 5 nitrogen and oxygen atoms in total. The van der Waals surface area contributed by atoms with Crippen molar-refractivity contribution in [1.29, 1.82) is 0 Å². The smallest absolute Gasteiger partial charge is 0.338 e. The zero-order valence-corrected chi connectivity index (χ0v) is 12.2. The average molecular weight is 291 g/mol. The van der Waals surface area contributed by atoms with Crippen LogP contribution >= 0.6 is 0 Å². The molecule has 2 aliphatic rings. The van der Waals surface area contributed by atoms with Gasteiger partial charge in [-0.15, -0.1) is 0 Å². The SMILES string of the molecule is O=C(OCCN1CCCCC1)c1ccc2c(c1)OCCO2.